The zero-order valence-electron chi connectivity index (χ0n) is 34.7. The second-order valence-electron chi connectivity index (χ2n) is 15.8. The van der Waals surface area contributed by atoms with Gasteiger partial charge in [-0.15, -0.1) is 0 Å². The number of anilines is 1. The van der Waals surface area contributed by atoms with Crippen LogP contribution in [0.5, 0.6) is 0 Å². The summed E-state index contributed by atoms with van der Waals surface area (Å²) in [5.74, 6) is -0.254. The Hall–Kier alpha value is -8.75. The van der Waals surface area contributed by atoms with E-state index in [-0.39, 0.29) is 5.91 Å². The molecular weight excluding hydrogens is 787 g/mol. The van der Waals surface area contributed by atoms with Crippen LogP contribution in [0.15, 0.2) is 176 Å². The number of benzene rings is 4. The van der Waals surface area contributed by atoms with Crippen molar-refractivity contribution >= 4 is 58.0 Å². The SMILES string of the molecule is Cc1ccnc(-c2ccc(C(=O)Nc3ccc(-c4c5nc(c(-c6ccccc6)c6ccc([nH]6)c(-c6ccccc6)c6nc(c(-c7ccccc7)c7ccc4[nH]7)C=C6)C=C5)cc3)cn2)c1. The maximum absolute atomic E-state index is 13.5. The number of nitrogens with zero attached hydrogens (tertiary/aromatic N) is 4. The van der Waals surface area contributed by atoms with E-state index in [9.17, 15) is 4.79 Å². The number of aromatic nitrogens is 6. The van der Waals surface area contributed by atoms with Gasteiger partial charge < -0.3 is 15.3 Å². The topological polar surface area (TPSA) is 112 Å². The van der Waals surface area contributed by atoms with Crippen molar-refractivity contribution in [3.8, 4) is 55.9 Å². The van der Waals surface area contributed by atoms with Crippen molar-refractivity contribution in [2.45, 2.75) is 6.92 Å². The molecular formula is C56H39N7O. The number of pyridine rings is 2. The molecule has 0 atom stereocenters. The maximum atomic E-state index is 13.5. The van der Waals surface area contributed by atoms with Crippen LogP contribution in [0.3, 0.4) is 0 Å². The summed E-state index contributed by atoms with van der Waals surface area (Å²) in [6.45, 7) is 2.01. The number of aryl methyl sites for hydroxylation is 1. The Morgan fingerprint density at radius 3 is 1.30 bits per heavy atom. The van der Waals surface area contributed by atoms with Crippen LogP contribution in [0.25, 0.3) is 102 Å². The Bertz CT molecular complexity index is 3420. The van der Waals surface area contributed by atoms with Crippen LogP contribution in [0.4, 0.5) is 5.69 Å². The molecule has 8 bridgehead atoms. The van der Waals surface area contributed by atoms with Gasteiger partial charge in [0.15, 0.2) is 0 Å². The fraction of sp³-hybridized carbons (Fsp3) is 0.0179. The number of fused-ring (bicyclic) bond motifs is 8. The summed E-state index contributed by atoms with van der Waals surface area (Å²) in [7, 11) is 0. The molecule has 11 rings (SSSR count). The summed E-state index contributed by atoms with van der Waals surface area (Å²) in [4.78, 5) is 40.8. The zero-order valence-corrected chi connectivity index (χ0v) is 34.7. The van der Waals surface area contributed by atoms with Crippen LogP contribution in [-0.2, 0) is 0 Å². The first-order chi connectivity index (χ1) is 31.5. The molecule has 64 heavy (non-hydrogen) atoms. The van der Waals surface area contributed by atoms with Crippen molar-refractivity contribution < 1.29 is 4.79 Å². The third-order valence-electron chi connectivity index (χ3n) is 11.6. The highest BCUT2D eigenvalue weighted by molar-refractivity contribution is 6.05. The number of hydrogen-bond donors (Lipinski definition) is 3. The number of amides is 1. The Morgan fingerprint density at radius 2 is 0.891 bits per heavy atom. The molecule has 0 aliphatic carbocycles. The molecule has 0 saturated heterocycles. The molecule has 2 aliphatic rings. The minimum Gasteiger partial charge on any atom is -0.354 e. The first kappa shape index (κ1) is 38.2. The molecule has 0 fully saturated rings. The van der Waals surface area contributed by atoms with Crippen molar-refractivity contribution in [1.82, 2.24) is 29.9 Å². The van der Waals surface area contributed by atoms with E-state index in [0.717, 1.165) is 101 Å². The summed E-state index contributed by atoms with van der Waals surface area (Å²) in [6.07, 6.45) is 11.7. The van der Waals surface area contributed by atoms with E-state index in [1.54, 1.807) is 18.5 Å². The Kier molecular flexibility index (Phi) is 9.71. The lowest BCUT2D eigenvalue weighted by molar-refractivity contribution is 0.102. The summed E-state index contributed by atoms with van der Waals surface area (Å²) < 4.78 is 0. The smallest absolute Gasteiger partial charge is 0.257 e. The van der Waals surface area contributed by atoms with E-state index < -0.39 is 0 Å². The molecule has 9 aromatic rings. The van der Waals surface area contributed by atoms with Crippen molar-refractivity contribution in [2.75, 3.05) is 5.32 Å². The molecule has 5 aromatic heterocycles. The molecule has 8 heteroatoms. The monoisotopic (exact) mass is 825 g/mol. The lowest BCUT2D eigenvalue weighted by atomic mass is 10.0. The van der Waals surface area contributed by atoms with Gasteiger partial charge in [-0.3, -0.25) is 14.8 Å². The molecule has 0 radical (unpaired) electrons. The molecule has 1 amide bonds. The molecule has 4 aromatic carbocycles. The van der Waals surface area contributed by atoms with Crippen molar-refractivity contribution in [3.05, 3.63) is 210 Å². The first-order valence-electron chi connectivity index (χ1n) is 21.2. The Morgan fingerprint density at radius 1 is 0.453 bits per heavy atom. The van der Waals surface area contributed by atoms with E-state index >= 15 is 0 Å². The minimum absolute atomic E-state index is 0.254. The molecule has 2 aliphatic heterocycles. The maximum Gasteiger partial charge on any atom is 0.257 e. The first-order valence-corrected chi connectivity index (χ1v) is 21.2. The number of hydrogen-bond acceptors (Lipinski definition) is 5. The highest BCUT2D eigenvalue weighted by Gasteiger charge is 2.19. The van der Waals surface area contributed by atoms with Gasteiger partial charge in [0.2, 0.25) is 0 Å². The van der Waals surface area contributed by atoms with Gasteiger partial charge in [0.1, 0.15) is 0 Å². The number of carbonyl (C=O) groups is 1. The van der Waals surface area contributed by atoms with E-state index in [1.165, 1.54) is 0 Å². The average Bonchev–Trinajstić information content (AvgIpc) is 4.19. The fourth-order valence-electron chi connectivity index (χ4n) is 8.51. The third-order valence-corrected chi connectivity index (χ3v) is 11.6. The van der Waals surface area contributed by atoms with Gasteiger partial charge in [0, 0.05) is 62.4 Å². The summed E-state index contributed by atoms with van der Waals surface area (Å²) in [6, 6.07) is 55.1. The predicted octanol–water partition coefficient (Wildman–Crippen LogP) is 13.3. The standard InChI is InChI=1S/C56H39N7O/c1-35-31-32-57-51(33-35)42-22-19-40(34-58-42)56(64)59-41-20-17-39(18-21-41)55-49-29-27-47(62-49)53(37-13-7-3-8-14-37)45-25-23-43(60-45)52(36-11-5-2-6-12-36)44-24-26-46(61-44)54(38-15-9-4-10-16-38)48-28-30-50(55)63-48/h2-34,60,63H,1H3,(H,59,64). The van der Waals surface area contributed by atoms with Crippen molar-refractivity contribution in [1.29, 1.82) is 0 Å². The molecule has 304 valence electrons. The van der Waals surface area contributed by atoms with Crippen LogP contribution in [0.2, 0.25) is 0 Å². The van der Waals surface area contributed by atoms with Gasteiger partial charge >= 0.3 is 0 Å². The van der Waals surface area contributed by atoms with Gasteiger partial charge in [-0.1, -0.05) is 103 Å². The molecule has 7 heterocycles. The van der Waals surface area contributed by atoms with E-state index in [4.69, 9.17) is 9.97 Å². The van der Waals surface area contributed by atoms with Crippen LogP contribution in [-0.4, -0.2) is 35.8 Å². The van der Waals surface area contributed by atoms with Gasteiger partial charge in [-0.25, -0.2) is 9.97 Å². The number of rotatable bonds is 7. The van der Waals surface area contributed by atoms with E-state index in [0.29, 0.717) is 16.9 Å². The largest absolute Gasteiger partial charge is 0.354 e. The summed E-state index contributed by atoms with van der Waals surface area (Å²) in [5, 5.41) is 3.05. The summed E-state index contributed by atoms with van der Waals surface area (Å²) >= 11 is 0. The van der Waals surface area contributed by atoms with Crippen LogP contribution in [0, 0.1) is 6.92 Å². The minimum atomic E-state index is -0.254. The number of aromatic amines is 2. The van der Waals surface area contributed by atoms with Crippen molar-refractivity contribution in [3.63, 3.8) is 0 Å². The lowest BCUT2D eigenvalue weighted by Gasteiger charge is -2.09. The van der Waals surface area contributed by atoms with Crippen LogP contribution >= 0.6 is 0 Å². The molecule has 0 unspecified atom stereocenters. The second-order valence-corrected chi connectivity index (χ2v) is 15.8. The predicted molar refractivity (Wildman–Crippen MR) is 261 cm³/mol. The highest BCUT2D eigenvalue weighted by atomic mass is 16.1. The number of H-pyrrole nitrogens is 2. The van der Waals surface area contributed by atoms with Gasteiger partial charge in [0.25, 0.3) is 5.91 Å². The quantitative estimate of drug-likeness (QED) is 0.148. The molecule has 0 spiro atoms. The highest BCUT2D eigenvalue weighted by Crippen LogP contribution is 2.38. The van der Waals surface area contributed by atoms with Gasteiger partial charge in [-0.2, -0.15) is 0 Å². The average molecular weight is 826 g/mol. The zero-order chi connectivity index (χ0) is 43.0. The normalized spacial score (nSPS) is 11.8. The van der Waals surface area contributed by atoms with E-state index in [1.807, 2.05) is 67.6 Å². The number of carbonyl (C=O) groups excluding carboxylic acids is 1. The Balaban J connectivity index is 1.09. The third kappa shape index (κ3) is 7.29. The summed E-state index contributed by atoms with van der Waals surface area (Å²) in [5.41, 5.74) is 18.7. The van der Waals surface area contributed by atoms with Crippen molar-refractivity contribution in [2.24, 2.45) is 0 Å². The van der Waals surface area contributed by atoms with Gasteiger partial charge in [-0.05, 0) is 120 Å². The molecule has 3 N–H and O–H groups in total. The van der Waals surface area contributed by atoms with Gasteiger partial charge in [0.05, 0.1) is 39.7 Å². The molecule has 0 saturated carbocycles. The van der Waals surface area contributed by atoms with Crippen LogP contribution in [0.1, 0.15) is 38.7 Å². The molecule has 8 nitrogen and oxygen atoms in total. The van der Waals surface area contributed by atoms with Crippen LogP contribution < -0.4 is 5.32 Å². The lowest BCUT2D eigenvalue weighted by Crippen LogP contribution is -2.12. The Labute approximate surface area is 369 Å². The second kappa shape index (κ2) is 16.3. The van der Waals surface area contributed by atoms with E-state index in [2.05, 4.69) is 147 Å². The fourth-order valence-corrected chi connectivity index (χ4v) is 8.51. The number of nitrogens with one attached hydrogen (secondary N) is 3.